The van der Waals surface area contributed by atoms with E-state index < -0.39 is 0 Å². The van der Waals surface area contributed by atoms with Crippen molar-refractivity contribution in [3.05, 3.63) is 47.3 Å². The summed E-state index contributed by atoms with van der Waals surface area (Å²) in [5.41, 5.74) is 9.90. The summed E-state index contributed by atoms with van der Waals surface area (Å²) in [5.74, 6) is -0.170. The molecular formula is C17H24FN. The highest BCUT2D eigenvalue weighted by Crippen LogP contribution is 2.35. The molecule has 0 saturated heterocycles. The third-order valence-electron chi connectivity index (χ3n) is 3.64. The topological polar surface area (TPSA) is 26.0 Å². The number of benzene rings is 1. The molecule has 0 aliphatic heterocycles. The summed E-state index contributed by atoms with van der Waals surface area (Å²) in [6.45, 7) is 10.8. The summed E-state index contributed by atoms with van der Waals surface area (Å²) < 4.78 is 13.2. The third kappa shape index (κ3) is 3.66. The number of hydrogen-bond acceptors (Lipinski definition) is 1. The van der Waals surface area contributed by atoms with Crippen LogP contribution < -0.4 is 5.73 Å². The molecule has 1 aromatic carbocycles. The van der Waals surface area contributed by atoms with Crippen molar-refractivity contribution < 1.29 is 4.39 Å². The van der Waals surface area contributed by atoms with Gasteiger partial charge in [0.15, 0.2) is 0 Å². The molecule has 2 rings (SSSR count). The van der Waals surface area contributed by atoms with Crippen LogP contribution in [0.5, 0.6) is 0 Å². The van der Waals surface area contributed by atoms with E-state index in [1.165, 1.54) is 17.2 Å². The van der Waals surface area contributed by atoms with Crippen LogP contribution in [0.2, 0.25) is 0 Å². The van der Waals surface area contributed by atoms with Crippen LogP contribution in [-0.2, 0) is 12.8 Å². The van der Waals surface area contributed by atoms with E-state index in [9.17, 15) is 4.39 Å². The second kappa shape index (κ2) is 4.75. The lowest BCUT2D eigenvalue weighted by Crippen LogP contribution is -2.41. The van der Waals surface area contributed by atoms with Crippen molar-refractivity contribution in [1.29, 1.82) is 0 Å². The van der Waals surface area contributed by atoms with Crippen LogP contribution in [0.25, 0.3) is 0 Å². The normalized spacial score (nSPS) is 22.4. The van der Waals surface area contributed by atoms with Gasteiger partial charge in [-0.1, -0.05) is 39.0 Å². The molecule has 2 N–H and O–H groups in total. The highest BCUT2D eigenvalue weighted by Gasteiger charge is 2.34. The Balaban J connectivity index is 2.05. The molecule has 0 saturated carbocycles. The highest BCUT2D eigenvalue weighted by molar-refractivity contribution is 5.37. The third-order valence-corrected chi connectivity index (χ3v) is 3.64. The fourth-order valence-electron chi connectivity index (χ4n) is 3.19. The van der Waals surface area contributed by atoms with Crippen molar-refractivity contribution in [3.8, 4) is 0 Å². The minimum Gasteiger partial charge on any atom is -0.324 e. The monoisotopic (exact) mass is 261 g/mol. The van der Waals surface area contributed by atoms with Crippen LogP contribution in [0.15, 0.2) is 30.4 Å². The average Bonchev–Trinajstić information content (AvgIpc) is 2.49. The van der Waals surface area contributed by atoms with Crippen LogP contribution in [0.1, 0.15) is 44.7 Å². The Labute approximate surface area is 115 Å². The van der Waals surface area contributed by atoms with Gasteiger partial charge in [-0.25, -0.2) is 4.39 Å². The predicted octanol–water partition coefficient (Wildman–Crippen LogP) is 4.00. The fraction of sp³-hybridized carbons (Fsp3) is 0.529. The van der Waals surface area contributed by atoms with Crippen LogP contribution in [0, 0.1) is 11.2 Å². The number of rotatable bonds is 3. The van der Waals surface area contributed by atoms with Crippen LogP contribution >= 0.6 is 0 Å². The molecule has 0 aromatic heterocycles. The van der Waals surface area contributed by atoms with Gasteiger partial charge < -0.3 is 5.73 Å². The Morgan fingerprint density at radius 1 is 1.32 bits per heavy atom. The molecule has 0 bridgehead atoms. The van der Waals surface area contributed by atoms with Gasteiger partial charge >= 0.3 is 0 Å². The minimum atomic E-state index is -0.279. The largest absolute Gasteiger partial charge is 0.324 e. The van der Waals surface area contributed by atoms with Crippen molar-refractivity contribution in [3.63, 3.8) is 0 Å². The molecule has 0 spiro atoms. The van der Waals surface area contributed by atoms with E-state index in [4.69, 9.17) is 5.73 Å². The predicted molar refractivity (Wildman–Crippen MR) is 78.6 cm³/mol. The lowest BCUT2D eigenvalue weighted by molar-refractivity contribution is 0.376. The second-order valence-corrected chi connectivity index (χ2v) is 7.29. The van der Waals surface area contributed by atoms with E-state index in [1.54, 1.807) is 6.07 Å². The smallest absolute Gasteiger partial charge is 0.123 e. The van der Waals surface area contributed by atoms with Gasteiger partial charge in [0.1, 0.15) is 5.82 Å². The summed E-state index contributed by atoms with van der Waals surface area (Å²) in [7, 11) is 0. The zero-order valence-corrected chi connectivity index (χ0v) is 12.2. The number of hydrogen-bond donors (Lipinski definition) is 1. The van der Waals surface area contributed by atoms with Gasteiger partial charge in [0.2, 0.25) is 0 Å². The Morgan fingerprint density at radius 3 is 2.58 bits per heavy atom. The van der Waals surface area contributed by atoms with E-state index >= 15 is 0 Å². The summed E-state index contributed by atoms with van der Waals surface area (Å²) in [6.07, 6.45) is 3.38. The summed E-state index contributed by atoms with van der Waals surface area (Å²) >= 11 is 0. The first-order chi connectivity index (χ1) is 8.67. The Kier molecular flexibility index (Phi) is 3.57. The Bertz CT molecular complexity index is 498. The first-order valence-electron chi connectivity index (χ1n) is 6.90. The molecule has 1 aliphatic rings. The lowest BCUT2D eigenvalue weighted by Gasteiger charge is -2.28. The van der Waals surface area contributed by atoms with Crippen LogP contribution in [-0.4, -0.2) is 5.54 Å². The number of halogens is 1. The van der Waals surface area contributed by atoms with E-state index in [-0.39, 0.29) is 16.8 Å². The molecular weight excluding hydrogens is 237 g/mol. The van der Waals surface area contributed by atoms with Gasteiger partial charge in [-0.2, -0.15) is 0 Å². The average molecular weight is 261 g/mol. The molecule has 104 valence electrons. The minimum absolute atomic E-state index is 0.170. The molecule has 1 aliphatic carbocycles. The first-order valence-corrected chi connectivity index (χ1v) is 6.90. The zero-order chi connectivity index (χ0) is 14.3. The van der Waals surface area contributed by atoms with Crippen molar-refractivity contribution in [2.24, 2.45) is 11.1 Å². The van der Waals surface area contributed by atoms with E-state index in [0.29, 0.717) is 0 Å². The number of nitrogens with two attached hydrogens (primary N) is 1. The van der Waals surface area contributed by atoms with Gasteiger partial charge in [-0.3, -0.25) is 0 Å². The van der Waals surface area contributed by atoms with E-state index in [0.717, 1.165) is 31.2 Å². The molecule has 1 aromatic rings. The fourth-order valence-corrected chi connectivity index (χ4v) is 3.19. The first kappa shape index (κ1) is 14.3. The summed E-state index contributed by atoms with van der Waals surface area (Å²) in [4.78, 5) is 0. The molecule has 0 fully saturated rings. The highest BCUT2D eigenvalue weighted by atomic mass is 19.1. The lowest BCUT2D eigenvalue weighted by atomic mass is 9.82. The molecule has 0 heterocycles. The van der Waals surface area contributed by atoms with Gasteiger partial charge in [-0.05, 0) is 54.4 Å². The van der Waals surface area contributed by atoms with Crippen molar-refractivity contribution >= 4 is 0 Å². The quantitative estimate of drug-likeness (QED) is 0.818. The van der Waals surface area contributed by atoms with Crippen molar-refractivity contribution in [2.75, 3.05) is 0 Å². The van der Waals surface area contributed by atoms with Crippen LogP contribution in [0.4, 0.5) is 4.39 Å². The van der Waals surface area contributed by atoms with Crippen LogP contribution in [0.3, 0.4) is 0 Å². The van der Waals surface area contributed by atoms with Gasteiger partial charge in [0.25, 0.3) is 0 Å². The maximum atomic E-state index is 13.2. The Hall–Kier alpha value is -1.15. The standard InChI is InChI=1S/C17H24FN/c1-12(8-16(2,3)4)9-17(19)10-13-5-6-15(18)7-14(13)11-17/h5-7H,1,8-11,19H2,2-4H3. The molecule has 1 unspecified atom stereocenters. The molecule has 0 radical (unpaired) electrons. The molecule has 0 amide bonds. The summed E-state index contributed by atoms with van der Waals surface area (Å²) in [5, 5.41) is 0. The SMILES string of the molecule is C=C(CC(C)(C)C)CC1(N)Cc2ccc(F)cc2C1. The van der Waals surface area contributed by atoms with E-state index in [1.807, 2.05) is 6.07 Å². The van der Waals surface area contributed by atoms with Crippen molar-refractivity contribution in [2.45, 2.75) is 52.0 Å². The van der Waals surface area contributed by atoms with Gasteiger partial charge in [-0.15, -0.1) is 0 Å². The second-order valence-electron chi connectivity index (χ2n) is 7.29. The van der Waals surface area contributed by atoms with Gasteiger partial charge in [0, 0.05) is 5.54 Å². The maximum Gasteiger partial charge on any atom is 0.123 e. The zero-order valence-electron chi connectivity index (χ0n) is 12.2. The van der Waals surface area contributed by atoms with E-state index in [2.05, 4.69) is 27.4 Å². The van der Waals surface area contributed by atoms with Gasteiger partial charge in [0.05, 0.1) is 0 Å². The number of fused-ring (bicyclic) bond motifs is 1. The summed E-state index contributed by atoms with van der Waals surface area (Å²) in [6, 6.07) is 5.01. The molecule has 1 atom stereocenters. The maximum absolute atomic E-state index is 13.2. The van der Waals surface area contributed by atoms with Crippen molar-refractivity contribution in [1.82, 2.24) is 0 Å². The molecule has 2 heteroatoms. The molecule has 1 nitrogen and oxygen atoms in total. The Morgan fingerprint density at radius 2 is 1.95 bits per heavy atom. The molecule has 19 heavy (non-hydrogen) atoms.